The number of hydrogen-bond donors (Lipinski definition) is 2. The largest absolute Gasteiger partial charge is 2.00 e. The summed E-state index contributed by atoms with van der Waals surface area (Å²) < 4.78 is 51.2. The van der Waals surface area contributed by atoms with Crippen molar-refractivity contribution in [3.63, 3.8) is 0 Å². The number of hydrogen-bond acceptors (Lipinski definition) is 0. The molecule has 0 bridgehead atoms. The zero-order valence-electron chi connectivity index (χ0n) is 13.8. The summed E-state index contributed by atoms with van der Waals surface area (Å²) in [5.74, 6) is -2.73. The molecule has 2 N–H and O–H groups in total. The van der Waals surface area contributed by atoms with Crippen molar-refractivity contribution >= 4 is 0 Å². The molecule has 134 valence electrons. The second kappa shape index (κ2) is 9.39. The van der Waals surface area contributed by atoms with Crippen LogP contribution >= 0.6 is 0 Å². The maximum Gasteiger partial charge on any atom is 2.00 e. The molecule has 4 aromatic rings. The molecule has 2 aromatic heterocycles. The van der Waals surface area contributed by atoms with Crippen molar-refractivity contribution in [2.75, 3.05) is 0 Å². The predicted molar refractivity (Wildman–Crippen MR) is 90.0 cm³/mol. The van der Waals surface area contributed by atoms with E-state index in [9.17, 15) is 17.6 Å². The van der Waals surface area contributed by atoms with Crippen molar-refractivity contribution in [3.8, 4) is 22.5 Å². The van der Waals surface area contributed by atoms with Crippen molar-refractivity contribution < 1.29 is 39.3 Å². The van der Waals surface area contributed by atoms with E-state index in [1.54, 1.807) is 36.7 Å². The maximum absolute atomic E-state index is 13.1. The first-order valence-corrected chi connectivity index (χ1v) is 7.57. The van der Waals surface area contributed by atoms with Gasteiger partial charge in [-0.2, -0.15) is 12.1 Å². The molecule has 0 unspecified atom stereocenters. The van der Waals surface area contributed by atoms with E-state index in [0.29, 0.717) is 22.5 Å². The zero-order valence-corrected chi connectivity index (χ0v) is 15.3. The molecule has 0 saturated carbocycles. The third-order valence-corrected chi connectivity index (χ3v) is 3.50. The van der Waals surface area contributed by atoms with Crippen LogP contribution in [0.5, 0.6) is 0 Å². The summed E-state index contributed by atoms with van der Waals surface area (Å²) in [5.41, 5.74) is 1.89. The second-order valence-electron chi connectivity index (χ2n) is 5.24. The monoisotopic (exact) mass is 404 g/mol. The molecule has 27 heavy (non-hydrogen) atoms. The smallest absolute Gasteiger partial charge is 0.371 e. The van der Waals surface area contributed by atoms with Gasteiger partial charge in [-0.3, -0.25) is 0 Å². The molecule has 0 fully saturated rings. The summed E-state index contributed by atoms with van der Waals surface area (Å²) in [5, 5.41) is 0. The topological polar surface area (TPSA) is 31.6 Å². The van der Waals surface area contributed by atoms with E-state index in [4.69, 9.17) is 0 Å². The van der Waals surface area contributed by atoms with Crippen LogP contribution in [-0.2, 0) is 21.7 Å². The Labute approximate surface area is 168 Å². The van der Waals surface area contributed by atoms with Crippen molar-refractivity contribution in [2.24, 2.45) is 0 Å². The Morgan fingerprint density at radius 3 is 1.30 bits per heavy atom. The summed E-state index contributed by atoms with van der Waals surface area (Å²) in [7, 11) is 0. The molecule has 2 heterocycles. The Morgan fingerprint density at radius 1 is 0.593 bits per heavy atom. The summed E-state index contributed by atoms with van der Waals surface area (Å²) >= 11 is 0. The first-order chi connectivity index (χ1) is 12.5. The third-order valence-electron chi connectivity index (χ3n) is 3.50. The summed E-state index contributed by atoms with van der Waals surface area (Å²) in [6.07, 6.45) is 3.36. The minimum absolute atomic E-state index is 0. The fourth-order valence-corrected chi connectivity index (χ4v) is 2.30. The Balaban J connectivity index is 0.000000187. The molecule has 2 aromatic carbocycles. The number of rotatable bonds is 2. The first kappa shape index (κ1) is 20.7. The average molecular weight is 404 g/mol. The predicted octanol–water partition coefficient (Wildman–Crippen LogP) is 5.52. The Hall–Kier alpha value is -2.57. The van der Waals surface area contributed by atoms with Gasteiger partial charge in [0.25, 0.3) is 0 Å². The van der Waals surface area contributed by atoms with Crippen LogP contribution in [-0.4, -0.2) is 9.97 Å². The van der Waals surface area contributed by atoms with Crippen LogP contribution in [0.1, 0.15) is 0 Å². The molecule has 0 atom stereocenters. The molecule has 0 aliphatic heterocycles. The number of H-pyrrole nitrogens is 2. The number of nitrogens with one attached hydrogen (secondary N) is 2. The fraction of sp³-hybridized carbons (Fsp3) is 0. The van der Waals surface area contributed by atoms with Gasteiger partial charge in [-0.05, 0) is 35.7 Å². The number of aromatic nitrogens is 2. The van der Waals surface area contributed by atoms with Crippen LogP contribution in [0.3, 0.4) is 0 Å². The van der Waals surface area contributed by atoms with Gasteiger partial charge in [0, 0.05) is 35.7 Å². The molecule has 0 radical (unpaired) electrons. The van der Waals surface area contributed by atoms with E-state index >= 15 is 0 Å². The molecule has 0 amide bonds. The van der Waals surface area contributed by atoms with Crippen molar-refractivity contribution in [1.82, 2.24) is 9.97 Å². The SMILES string of the molecule is Fc1[c-]c(F)c(-c2ccc[nH]2)cc1.Fc1[c-]c(F)c(-c2ccc[nH]2)cc1.[Ti+2]. The van der Waals surface area contributed by atoms with Gasteiger partial charge >= 0.3 is 21.7 Å². The average Bonchev–Trinajstić information content (AvgIpc) is 3.29. The third kappa shape index (κ3) is 5.22. The molecule has 7 heteroatoms. The normalized spacial score (nSPS) is 9.93. The Kier molecular flexibility index (Phi) is 7.22. The summed E-state index contributed by atoms with van der Waals surface area (Å²) in [6.45, 7) is 0. The van der Waals surface area contributed by atoms with Crippen LogP contribution in [0, 0.1) is 35.4 Å². The van der Waals surface area contributed by atoms with Crippen molar-refractivity contribution in [3.05, 3.63) is 96.3 Å². The minimum Gasteiger partial charge on any atom is -0.371 e. The van der Waals surface area contributed by atoms with Crippen LogP contribution < -0.4 is 0 Å². The molecular formula is C20H12F4N2Ti. The van der Waals surface area contributed by atoms with Gasteiger partial charge in [-0.1, -0.05) is 11.1 Å². The fourth-order valence-electron chi connectivity index (χ4n) is 2.30. The van der Waals surface area contributed by atoms with E-state index in [0.717, 1.165) is 0 Å². The van der Waals surface area contributed by atoms with Gasteiger partial charge in [0.05, 0.1) is 0 Å². The maximum atomic E-state index is 13.1. The molecule has 2 nitrogen and oxygen atoms in total. The molecule has 0 aliphatic rings. The minimum atomic E-state index is -0.687. The molecule has 0 spiro atoms. The molecule has 4 rings (SSSR count). The van der Waals surface area contributed by atoms with Gasteiger partial charge in [0.15, 0.2) is 0 Å². The van der Waals surface area contributed by atoms with E-state index < -0.39 is 23.3 Å². The van der Waals surface area contributed by atoms with E-state index in [2.05, 4.69) is 9.97 Å². The van der Waals surface area contributed by atoms with Crippen LogP contribution in [0.15, 0.2) is 60.9 Å². The summed E-state index contributed by atoms with van der Waals surface area (Å²) in [6, 6.07) is 16.0. The van der Waals surface area contributed by atoms with E-state index in [1.807, 2.05) is 12.1 Å². The standard InChI is InChI=1S/2C10H6F2N.Ti/c2*11-7-3-4-8(9(12)6-7)10-2-1-5-13-10;/h2*1-5,13H;/q2*-1;+2. The van der Waals surface area contributed by atoms with Crippen molar-refractivity contribution in [1.29, 1.82) is 0 Å². The number of aromatic amines is 2. The molecular weight excluding hydrogens is 392 g/mol. The van der Waals surface area contributed by atoms with Gasteiger partial charge in [-0.25, -0.2) is 17.6 Å². The van der Waals surface area contributed by atoms with Crippen LogP contribution in [0.2, 0.25) is 0 Å². The number of halogens is 4. The van der Waals surface area contributed by atoms with Gasteiger partial charge in [-0.15, -0.1) is 24.3 Å². The van der Waals surface area contributed by atoms with Crippen molar-refractivity contribution in [2.45, 2.75) is 0 Å². The zero-order chi connectivity index (χ0) is 18.5. The van der Waals surface area contributed by atoms with E-state index in [-0.39, 0.29) is 21.7 Å². The Morgan fingerprint density at radius 2 is 1.00 bits per heavy atom. The quantitative estimate of drug-likeness (QED) is 0.251. The van der Waals surface area contributed by atoms with Crippen LogP contribution in [0.4, 0.5) is 17.6 Å². The molecule has 0 aliphatic carbocycles. The Bertz CT molecular complexity index is 902. The van der Waals surface area contributed by atoms with Gasteiger partial charge < -0.3 is 9.97 Å². The van der Waals surface area contributed by atoms with Gasteiger partial charge in [0.2, 0.25) is 0 Å². The second-order valence-corrected chi connectivity index (χ2v) is 5.24. The van der Waals surface area contributed by atoms with Crippen LogP contribution in [0.25, 0.3) is 22.5 Å². The summed E-state index contributed by atoms with van der Waals surface area (Å²) in [4.78, 5) is 5.66. The number of benzene rings is 2. The van der Waals surface area contributed by atoms with E-state index in [1.165, 1.54) is 24.3 Å². The molecule has 0 saturated heterocycles. The van der Waals surface area contributed by atoms with Gasteiger partial charge in [0.1, 0.15) is 0 Å². The first-order valence-electron chi connectivity index (χ1n) is 7.57.